The van der Waals surface area contributed by atoms with E-state index in [0.29, 0.717) is 13.1 Å². The van der Waals surface area contributed by atoms with Crippen molar-refractivity contribution >= 4 is 22.8 Å². The summed E-state index contributed by atoms with van der Waals surface area (Å²) in [4.78, 5) is 19.2. The van der Waals surface area contributed by atoms with Gasteiger partial charge in [0.15, 0.2) is 0 Å². The van der Waals surface area contributed by atoms with Gasteiger partial charge in [0.1, 0.15) is 5.82 Å². The topological polar surface area (TPSA) is 62.2 Å². The number of halogens is 1. The molecule has 1 aromatic heterocycles. The number of hydrogen-bond acceptors (Lipinski definition) is 3. The molecule has 4 aromatic rings. The number of nitrogens with zero attached hydrogens (tertiary/aromatic N) is 3. The molecular weight excluding hydrogens is 405 g/mol. The molecule has 0 aliphatic rings. The number of aromatic nitrogens is 2. The normalized spacial score (nSPS) is 11.8. The van der Waals surface area contributed by atoms with Crippen LogP contribution in [0.5, 0.6) is 0 Å². The van der Waals surface area contributed by atoms with Crippen molar-refractivity contribution in [2.75, 3.05) is 19.0 Å². The summed E-state index contributed by atoms with van der Waals surface area (Å²) in [6, 6.07) is 21.4. The van der Waals surface area contributed by atoms with Crippen molar-refractivity contribution in [3.8, 4) is 0 Å². The Bertz CT molecular complexity index is 1190. The van der Waals surface area contributed by atoms with Crippen LogP contribution in [-0.4, -0.2) is 29.7 Å². The van der Waals surface area contributed by atoms with Crippen LogP contribution in [0.1, 0.15) is 17.2 Å². The Labute approximate surface area is 186 Å². The van der Waals surface area contributed by atoms with E-state index in [4.69, 9.17) is 0 Å². The summed E-state index contributed by atoms with van der Waals surface area (Å²) in [5.74, 6) is -0.314. The highest BCUT2D eigenvalue weighted by Gasteiger charge is 2.17. The standard InChI is InChI=1S/C25H26FN5O/c1-30(2)21-13-7-18(8-14-21)15-27-25(32)29-23(19-9-11-20(26)12-10-19)16-31-17-28-22-5-3-4-6-24(22)31/h3-14,17,23H,15-16H2,1-2H3,(H2,27,29,32)/t23-/m1/s1. The molecule has 0 unspecified atom stereocenters. The van der Waals surface area contributed by atoms with Crippen LogP contribution < -0.4 is 15.5 Å². The number of amides is 2. The minimum Gasteiger partial charge on any atom is -0.378 e. The average Bonchev–Trinajstić information content (AvgIpc) is 3.21. The number of hydrogen-bond donors (Lipinski definition) is 2. The molecule has 0 saturated carbocycles. The van der Waals surface area contributed by atoms with Gasteiger partial charge in [-0.3, -0.25) is 0 Å². The Balaban J connectivity index is 1.47. The van der Waals surface area contributed by atoms with Gasteiger partial charge in [-0.15, -0.1) is 0 Å². The highest BCUT2D eigenvalue weighted by atomic mass is 19.1. The van der Waals surface area contributed by atoms with Gasteiger partial charge >= 0.3 is 6.03 Å². The fraction of sp³-hybridized carbons (Fsp3) is 0.200. The molecule has 0 radical (unpaired) electrons. The predicted molar refractivity (Wildman–Crippen MR) is 125 cm³/mol. The van der Waals surface area contributed by atoms with Crippen LogP contribution in [0.15, 0.2) is 79.1 Å². The van der Waals surface area contributed by atoms with E-state index in [9.17, 15) is 9.18 Å². The van der Waals surface area contributed by atoms with Crippen molar-refractivity contribution in [1.82, 2.24) is 20.2 Å². The number of imidazole rings is 1. The molecule has 0 bridgehead atoms. The van der Waals surface area contributed by atoms with E-state index in [0.717, 1.165) is 27.8 Å². The zero-order valence-corrected chi connectivity index (χ0v) is 18.1. The zero-order valence-electron chi connectivity index (χ0n) is 18.1. The van der Waals surface area contributed by atoms with Gasteiger partial charge in [0.25, 0.3) is 0 Å². The summed E-state index contributed by atoms with van der Waals surface area (Å²) >= 11 is 0. The Hall–Kier alpha value is -3.87. The highest BCUT2D eigenvalue weighted by Crippen LogP contribution is 2.20. The molecule has 164 valence electrons. The molecule has 0 aliphatic heterocycles. The summed E-state index contributed by atoms with van der Waals surface area (Å²) < 4.78 is 15.5. The van der Waals surface area contributed by atoms with Gasteiger partial charge in [-0.2, -0.15) is 0 Å². The number of benzene rings is 3. The van der Waals surface area contributed by atoms with Crippen LogP contribution in [0.2, 0.25) is 0 Å². The van der Waals surface area contributed by atoms with Crippen LogP contribution in [-0.2, 0) is 13.1 Å². The highest BCUT2D eigenvalue weighted by molar-refractivity contribution is 5.76. The molecular formula is C25H26FN5O. The van der Waals surface area contributed by atoms with Crippen molar-refractivity contribution in [3.63, 3.8) is 0 Å². The second kappa shape index (κ2) is 9.51. The predicted octanol–water partition coefficient (Wildman–Crippen LogP) is 4.48. The molecule has 0 fully saturated rings. The number of nitrogens with one attached hydrogen (secondary N) is 2. The molecule has 0 aliphatic carbocycles. The molecule has 1 heterocycles. The Kier molecular flexibility index (Phi) is 6.35. The number of rotatable bonds is 7. The van der Waals surface area contributed by atoms with E-state index >= 15 is 0 Å². The molecule has 7 heteroatoms. The van der Waals surface area contributed by atoms with Gasteiger partial charge in [0, 0.05) is 32.9 Å². The molecule has 6 nitrogen and oxygen atoms in total. The largest absolute Gasteiger partial charge is 0.378 e. The van der Waals surface area contributed by atoms with Crippen molar-refractivity contribution in [1.29, 1.82) is 0 Å². The maximum Gasteiger partial charge on any atom is 0.315 e. The lowest BCUT2D eigenvalue weighted by molar-refractivity contribution is 0.235. The second-order valence-electron chi connectivity index (χ2n) is 7.88. The zero-order chi connectivity index (χ0) is 22.5. The van der Waals surface area contributed by atoms with E-state index < -0.39 is 0 Å². The Morgan fingerprint density at radius 3 is 2.47 bits per heavy atom. The molecule has 1 atom stereocenters. The van der Waals surface area contributed by atoms with E-state index in [1.165, 1.54) is 12.1 Å². The third kappa shape index (κ3) is 5.06. The second-order valence-corrected chi connectivity index (χ2v) is 7.88. The van der Waals surface area contributed by atoms with Gasteiger partial charge < -0.3 is 20.1 Å². The van der Waals surface area contributed by atoms with Crippen LogP contribution in [0.25, 0.3) is 11.0 Å². The van der Waals surface area contributed by atoms with E-state index in [1.54, 1.807) is 18.5 Å². The lowest BCUT2D eigenvalue weighted by atomic mass is 10.1. The maximum atomic E-state index is 13.5. The van der Waals surface area contributed by atoms with Gasteiger partial charge in [0.05, 0.1) is 23.4 Å². The van der Waals surface area contributed by atoms with Crippen LogP contribution in [0.3, 0.4) is 0 Å². The number of anilines is 1. The molecule has 2 N–H and O–H groups in total. The SMILES string of the molecule is CN(C)c1ccc(CNC(=O)N[C@H](Cn2cnc3ccccc32)c2ccc(F)cc2)cc1. The van der Waals surface area contributed by atoms with Crippen LogP contribution in [0.4, 0.5) is 14.9 Å². The molecule has 0 spiro atoms. The molecule has 3 aromatic carbocycles. The first-order chi connectivity index (χ1) is 15.5. The van der Waals surface area contributed by atoms with Gasteiger partial charge in [-0.1, -0.05) is 36.4 Å². The monoisotopic (exact) mass is 431 g/mol. The fourth-order valence-electron chi connectivity index (χ4n) is 3.59. The fourth-order valence-corrected chi connectivity index (χ4v) is 3.59. The Morgan fingerprint density at radius 2 is 1.75 bits per heavy atom. The van der Waals surface area contributed by atoms with Gasteiger partial charge in [-0.05, 0) is 47.5 Å². The molecule has 32 heavy (non-hydrogen) atoms. The number of carbonyl (C=O) groups is 1. The van der Waals surface area contributed by atoms with Crippen molar-refractivity contribution < 1.29 is 9.18 Å². The summed E-state index contributed by atoms with van der Waals surface area (Å²) in [6.07, 6.45) is 1.76. The first-order valence-corrected chi connectivity index (χ1v) is 10.5. The van der Waals surface area contributed by atoms with Crippen molar-refractivity contribution in [3.05, 3.63) is 96.1 Å². The van der Waals surface area contributed by atoms with Gasteiger partial charge in [0.2, 0.25) is 0 Å². The lowest BCUT2D eigenvalue weighted by Crippen LogP contribution is -2.39. The Morgan fingerprint density at radius 1 is 1.03 bits per heavy atom. The number of fused-ring (bicyclic) bond motifs is 1. The van der Waals surface area contributed by atoms with Crippen molar-refractivity contribution in [2.24, 2.45) is 0 Å². The number of urea groups is 1. The minimum absolute atomic E-state index is 0.291. The number of para-hydroxylation sites is 2. The third-order valence-electron chi connectivity index (χ3n) is 5.39. The van der Waals surface area contributed by atoms with Crippen molar-refractivity contribution in [2.45, 2.75) is 19.1 Å². The van der Waals surface area contributed by atoms with Crippen LogP contribution >= 0.6 is 0 Å². The van der Waals surface area contributed by atoms with Crippen LogP contribution in [0, 0.1) is 5.82 Å². The minimum atomic E-state index is -0.357. The quantitative estimate of drug-likeness (QED) is 0.454. The average molecular weight is 432 g/mol. The lowest BCUT2D eigenvalue weighted by Gasteiger charge is -2.21. The first kappa shape index (κ1) is 21.4. The third-order valence-corrected chi connectivity index (χ3v) is 5.39. The van der Waals surface area contributed by atoms with Gasteiger partial charge in [-0.25, -0.2) is 14.2 Å². The van der Waals surface area contributed by atoms with E-state index in [2.05, 4.69) is 15.6 Å². The first-order valence-electron chi connectivity index (χ1n) is 10.5. The molecule has 0 saturated heterocycles. The van der Waals surface area contributed by atoms with E-state index in [1.807, 2.05) is 72.1 Å². The molecule has 2 amide bonds. The molecule has 4 rings (SSSR count). The summed E-state index contributed by atoms with van der Waals surface area (Å²) in [5.41, 5.74) is 4.78. The summed E-state index contributed by atoms with van der Waals surface area (Å²) in [6.45, 7) is 0.876. The van der Waals surface area contributed by atoms with E-state index in [-0.39, 0.29) is 17.9 Å². The summed E-state index contributed by atoms with van der Waals surface area (Å²) in [7, 11) is 3.97. The smallest absolute Gasteiger partial charge is 0.315 e. The number of carbonyl (C=O) groups excluding carboxylic acids is 1. The maximum absolute atomic E-state index is 13.5. The summed E-state index contributed by atoms with van der Waals surface area (Å²) in [5, 5.41) is 5.94.